The number of amides is 1. The molecule has 17 heavy (non-hydrogen) atoms. The van der Waals surface area contributed by atoms with Gasteiger partial charge < -0.3 is 14.8 Å². The molecular formula is C11H20BrNO4. The summed E-state index contributed by atoms with van der Waals surface area (Å²) in [6, 6.07) is 0. The van der Waals surface area contributed by atoms with E-state index >= 15 is 0 Å². The van der Waals surface area contributed by atoms with Gasteiger partial charge in [-0.05, 0) is 27.7 Å². The van der Waals surface area contributed by atoms with Crippen LogP contribution in [-0.4, -0.2) is 35.1 Å². The Balaban J connectivity index is 5.16. The summed E-state index contributed by atoms with van der Waals surface area (Å²) in [4.78, 5) is 22.8. The third-order valence-corrected chi connectivity index (χ3v) is 2.59. The normalized spacial score (nSPS) is 16.9. The standard InChI is InChI=1S/C11H20BrNO4/c1-7(12)11(16-6,13-8(2)14)9(15)17-10(3,4)5/h7H,1-6H3,(H,13,14). The molecule has 2 unspecified atom stereocenters. The largest absolute Gasteiger partial charge is 0.456 e. The fourth-order valence-corrected chi connectivity index (χ4v) is 1.71. The number of halogens is 1. The first kappa shape index (κ1) is 16.4. The number of hydrogen-bond acceptors (Lipinski definition) is 4. The summed E-state index contributed by atoms with van der Waals surface area (Å²) in [5.74, 6) is -1.00. The van der Waals surface area contributed by atoms with Gasteiger partial charge in [-0.2, -0.15) is 0 Å². The zero-order valence-electron chi connectivity index (χ0n) is 11.1. The smallest absolute Gasteiger partial charge is 0.361 e. The number of rotatable bonds is 4. The van der Waals surface area contributed by atoms with Crippen molar-refractivity contribution >= 4 is 27.8 Å². The maximum absolute atomic E-state index is 12.1. The molecule has 0 radical (unpaired) electrons. The van der Waals surface area contributed by atoms with E-state index in [1.165, 1.54) is 14.0 Å². The van der Waals surface area contributed by atoms with Crippen LogP contribution in [0.1, 0.15) is 34.6 Å². The fraction of sp³-hybridized carbons (Fsp3) is 0.818. The van der Waals surface area contributed by atoms with Gasteiger partial charge in [-0.25, -0.2) is 4.79 Å². The van der Waals surface area contributed by atoms with Crippen molar-refractivity contribution in [2.75, 3.05) is 7.11 Å². The molecule has 0 aromatic carbocycles. The molecule has 0 aliphatic carbocycles. The Labute approximate surface area is 110 Å². The third-order valence-electron chi connectivity index (χ3n) is 1.95. The van der Waals surface area contributed by atoms with Crippen molar-refractivity contribution in [2.45, 2.75) is 50.8 Å². The van der Waals surface area contributed by atoms with Crippen LogP contribution in [0.2, 0.25) is 0 Å². The molecular weight excluding hydrogens is 290 g/mol. The van der Waals surface area contributed by atoms with Gasteiger partial charge in [0.05, 0.1) is 4.83 Å². The van der Waals surface area contributed by atoms with Crippen LogP contribution in [0.25, 0.3) is 0 Å². The number of carbonyl (C=O) groups is 2. The van der Waals surface area contributed by atoms with Gasteiger partial charge in [0.2, 0.25) is 5.91 Å². The molecule has 2 atom stereocenters. The summed E-state index contributed by atoms with van der Waals surface area (Å²) in [6.45, 7) is 8.25. The number of alkyl halides is 1. The first-order valence-corrected chi connectivity index (χ1v) is 6.18. The van der Waals surface area contributed by atoms with E-state index in [1.807, 2.05) is 0 Å². The molecule has 6 heteroatoms. The minimum absolute atomic E-state index is 0.371. The van der Waals surface area contributed by atoms with E-state index in [4.69, 9.17) is 9.47 Å². The lowest BCUT2D eigenvalue weighted by atomic mass is 10.1. The van der Waals surface area contributed by atoms with Crippen LogP contribution < -0.4 is 5.32 Å². The number of hydrogen-bond donors (Lipinski definition) is 1. The van der Waals surface area contributed by atoms with Gasteiger partial charge in [0.25, 0.3) is 5.72 Å². The summed E-state index contributed by atoms with van der Waals surface area (Å²) in [5, 5.41) is 2.48. The van der Waals surface area contributed by atoms with Crippen molar-refractivity contribution in [1.29, 1.82) is 0 Å². The molecule has 100 valence electrons. The molecule has 0 heterocycles. The van der Waals surface area contributed by atoms with E-state index in [0.29, 0.717) is 0 Å². The van der Waals surface area contributed by atoms with E-state index in [-0.39, 0.29) is 5.91 Å². The molecule has 0 aromatic rings. The summed E-state index contributed by atoms with van der Waals surface area (Å²) in [5.41, 5.74) is -2.17. The van der Waals surface area contributed by atoms with Crippen LogP contribution in [0.5, 0.6) is 0 Å². The third kappa shape index (κ3) is 4.63. The lowest BCUT2D eigenvalue weighted by molar-refractivity contribution is -0.186. The van der Waals surface area contributed by atoms with E-state index < -0.39 is 22.1 Å². The Hall–Kier alpha value is -0.620. The van der Waals surface area contributed by atoms with Gasteiger partial charge in [0.15, 0.2) is 0 Å². The molecule has 0 saturated heterocycles. The Kier molecular flexibility index (Phi) is 5.61. The second kappa shape index (κ2) is 5.82. The minimum Gasteiger partial charge on any atom is -0.456 e. The monoisotopic (exact) mass is 309 g/mol. The molecule has 0 bridgehead atoms. The van der Waals surface area contributed by atoms with Gasteiger partial charge in [0.1, 0.15) is 5.60 Å². The lowest BCUT2D eigenvalue weighted by Crippen LogP contribution is -2.62. The van der Waals surface area contributed by atoms with Crippen molar-refractivity contribution in [3.8, 4) is 0 Å². The quantitative estimate of drug-likeness (QED) is 0.486. The average molecular weight is 310 g/mol. The highest BCUT2D eigenvalue weighted by Crippen LogP contribution is 2.23. The zero-order chi connectivity index (χ0) is 13.9. The molecule has 0 aliphatic heterocycles. The Morgan fingerprint density at radius 1 is 1.29 bits per heavy atom. The predicted octanol–water partition coefficient (Wildman–Crippen LogP) is 1.59. The fourth-order valence-electron chi connectivity index (χ4n) is 1.23. The highest BCUT2D eigenvalue weighted by molar-refractivity contribution is 9.09. The van der Waals surface area contributed by atoms with Crippen molar-refractivity contribution in [3.63, 3.8) is 0 Å². The molecule has 0 aliphatic rings. The summed E-state index contributed by atoms with van der Waals surface area (Å²) in [6.07, 6.45) is 0. The van der Waals surface area contributed by atoms with Gasteiger partial charge in [0, 0.05) is 14.0 Å². The Bertz CT molecular complexity index is 298. The van der Waals surface area contributed by atoms with Crippen LogP contribution in [0.4, 0.5) is 0 Å². The van der Waals surface area contributed by atoms with Crippen LogP contribution in [0.15, 0.2) is 0 Å². The lowest BCUT2D eigenvalue weighted by Gasteiger charge is -2.35. The van der Waals surface area contributed by atoms with Gasteiger partial charge >= 0.3 is 5.97 Å². The number of methoxy groups -OCH3 is 1. The van der Waals surface area contributed by atoms with Crippen LogP contribution in [0.3, 0.4) is 0 Å². The van der Waals surface area contributed by atoms with E-state index in [0.717, 1.165) is 0 Å². The second-order valence-corrected chi connectivity index (χ2v) is 6.11. The minimum atomic E-state index is -1.51. The zero-order valence-corrected chi connectivity index (χ0v) is 12.7. The summed E-state index contributed by atoms with van der Waals surface area (Å²) >= 11 is 3.25. The topological polar surface area (TPSA) is 64.6 Å². The number of carbonyl (C=O) groups excluding carboxylic acids is 2. The Morgan fingerprint density at radius 2 is 1.76 bits per heavy atom. The first-order valence-electron chi connectivity index (χ1n) is 5.26. The molecule has 0 spiro atoms. The first-order chi connectivity index (χ1) is 7.55. The van der Waals surface area contributed by atoms with Gasteiger partial charge in [-0.1, -0.05) is 15.9 Å². The van der Waals surface area contributed by atoms with E-state index in [2.05, 4.69) is 21.2 Å². The average Bonchev–Trinajstić information content (AvgIpc) is 2.10. The van der Waals surface area contributed by atoms with Gasteiger partial charge in [-0.15, -0.1) is 0 Å². The van der Waals surface area contributed by atoms with E-state index in [9.17, 15) is 9.59 Å². The van der Waals surface area contributed by atoms with Crippen LogP contribution in [0, 0.1) is 0 Å². The van der Waals surface area contributed by atoms with Gasteiger partial charge in [-0.3, -0.25) is 4.79 Å². The molecule has 1 N–H and O–H groups in total. The second-order valence-electron chi connectivity index (χ2n) is 4.74. The number of esters is 1. The predicted molar refractivity (Wildman–Crippen MR) is 67.8 cm³/mol. The molecule has 0 rings (SSSR count). The highest BCUT2D eigenvalue weighted by Gasteiger charge is 2.47. The molecule has 0 fully saturated rings. The number of ether oxygens (including phenoxy) is 2. The van der Waals surface area contributed by atoms with Crippen LogP contribution >= 0.6 is 15.9 Å². The SMILES string of the molecule is COC(NC(C)=O)(C(=O)OC(C)(C)C)C(C)Br. The van der Waals surface area contributed by atoms with E-state index in [1.54, 1.807) is 27.7 Å². The Morgan fingerprint density at radius 3 is 2.00 bits per heavy atom. The summed E-state index contributed by atoms with van der Waals surface area (Å²) in [7, 11) is 1.34. The molecule has 5 nitrogen and oxygen atoms in total. The van der Waals surface area contributed by atoms with Crippen molar-refractivity contribution in [3.05, 3.63) is 0 Å². The molecule has 0 saturated carbocycles. The van der Waals surface area contributed by atoms with Crippen LogP contribution in [-0.2, 0) is 19.1 Å². The maximum atomic E-state index is 12.1. The number of nitrogens with one attached hydrogen (secondary N) is 1. The van der Waals surface area contributed by atoms with Crippen molar-refractivity contribution in [2.24, 2.45) is 0 Å². The van der Waals surface area contributed by atoms with Crippen molar-refractivity contribution in [1.82, 2.24) is 5.32 Å². The highest BCUT2D eigenvalue weighted by atomic mass is 79.9. The molecule has 1 amide bonds. The summed E-state index contributed by atoms with van der Waals surface area (Å²) < 4.78 is 10.4. The maximum Gasteiger partial charge on any atom is 0.361 e. The van der Waals surface area contributed by atoms with Crippen molar-refractivity contribution < 1.29 is 19.1 Å². The molecule has 0 aromatic heterocycles.